The van der Waals surface area contributed by atoms with Gasteiger partial charge in [0.25, 0.3) is 0 Å². The van der Waals surface area contributed by atoms with Gasteiger partial charge in [0.2, 0.25) is 0 Å². The van der Waals surface area contributed by atoms with Crippen LogP contribution in [-0.4, -0.2) is 13.2 Å². The van der Waals surface area contributed by atoms with E-state index in [1.165, 1.54) is 0 Å². The number of hydrogen-bond acceptors (Lipinski definition) is 3. The predicted octanol–water partition coefficient (Wildman–Crippen LogP) is 3.31. The highest BCUT2D eigenvalue weighted by atomic mass is 16.7. The van der Waals surface area contributed by atoms with E-state index in [0.717, 1.165) is 16.9 Å². The summed E-state index contributed by atoms with van der Waals surface area (Å²) < 4.78 is 16.6. The maximum Gasteiger partial charge on any atom is 0.184 e. The van der Waals surface area contributed by atoms with Crippen molar-refractivity contribution in [3.05, 3.63) is 65.7 Å². The van der Waals surface area contributed by atoms with Gasteiger partial charge in [0, 0.05) is 5.56 Å². The highest BCUT2D eigenvalue weighted by molar-refractivity contribution is 5.28. The van der Waals surface area contributed by atoms with Crippen LogP contribution in [0.25, 0.3) is 0 Å². The average molecular weight is 256 g/mol. The lowest BCUT2D eigenvalue weighted by Crippen LogP contribution is -1.99. The molecular weight excluding hydrogens is 240 g/mol. The molecule has 2 aromatic carbocycles. The van der Waals surface area contributed by atoms with Gasteiger partial charge in [0.05, 0.1) is 13.2 Å². The minimum Gasteiger partial charge on any atom is -0.489 e. The molecule has 1 aliphatic heterocycles. The van der Waals surface area contributed by atoms with E-state index in [4.69, 9.17) is 14.2 Å². The molecule has 0 bridgehead atoms. The van der Waals surface area contributed by atoms with Gasteiger partial charge in [0.15, 0.2) is 6.29 Å². The number of rotatable bonds is 4. The first kappa shape index (κ1) is 12.2. The van der Waals surface area contributed by atoms with Gasteiger partial charge in [-0.15, -0.1) is 0 Å². The average Bonchev–Trinajstić information content (AvgIpc) is 3.01. The van der Waals surface area contributed by atoms with Crippen LogP contribution >= 0.6 is 0 Å². The highest BCUT2D eigenvalue weighted by Crippen LogP contribution is 2.25. The van der Waals surface area contributed by atoms with E-state index < -0.39 is 0 Å². The van der Waals surface area contributed by atoms with Crippen LogP contribution in [0.5, 0.6) is 5.75 Å². The van der Waals surface area contributed by atoms with Gasteiger partial charge in [0.1, 0.15) is 12.4 Å². The van der Waals surface area contributed by atoms with Gasteiger partial charge >= 0.3 is 0 Å². The fourth-order valence-electron chi connectivity index (χ4n) is 2.01. The Morgan fingerprint density at radius 2 is 1.58 bits per heavy atom. The Hall–Kier alpha value is -1.84. The minimum absolute atomic E-state index is 0.219. The molecule has 3 rings (SSSR count). The van der Waals surface area contributed by atoms with Gasteiger partial charge < -0.3 is 14.2 Å². The molecule has 3 nitrogen and oxygen atoms in total. The Morgan fingerprint density at radius 3 is 2.26 bits per heavy atom. The molecule has 98 valence electrons. The van der Waals surface area contributed by atoms with Crippen LogP contribution in [0.2, 0.25) is 0 Å². The number of benzene rings is 2. The summed E-state index contributed by atoms with van der Waals surface area (Å²) in [7, 11) is 0. The van der Waals surface area contributed by atoms with Crippen LogP contribution in [-0.2, 0) is 16.1 Å². The maximum atomic E-state index is 5.73. The Kier molecular flexibility index (Phi) is 3.77. The SMILES string of the molecule is c1ccc(COc2ccc(C3OCCO3)cc2)cc1. The standard InChI is InChI=1S/C16H16O3/c1-2-4-13(5-3-1)12-19-15-8-6-14(7-9-15)16-17-10-11-18-16/h1-9,16H,10-12H2. The van der Waals surface area contributed by atoms with Crippen molar-refractivity contribution < 1.29 is 14.2 Å². The van der Waals surface area contributed by atoms with Crippen molar-refractivity contribution in [2.75, 3.05) is 13.2 Å². The minimum atomic E-state index is -0.219. The molecule has 0 unspecified atom stereocenters. The summed E-state index contributed by atoms with van der Waals surface area (Å²) in [5, 5.41) is 0. The number of ether oxygens (including phenoxy) is 3. The van der Waals surface area contributed by atoms with Crippen LogP contribution in [0.4, 0.5) is 0 Å². The topological polar surface area (TPSA) is 27.7 Å². The Balaban J connectivity index is 1.60. The van der Waals surface area contributed by atoms with Crippen LogP contribution in [0.1, 0.15) is 17.4 Å². The summed E-state index contributed by atoms with van der Waals surface area (Å²) >= 11 is 0. The van der Waals surface area contributed by atoms with Crippen molar-refractivity contribution in [3.63, 3.8) is 0 Å². The zero-order valence-corrected chi connectivity index (χ0v) is 10.6. The molecule has 0 radical (unpaired) electrons. The van der Waals surface area contributed by atoms with Crippen LogP contribution in [0.15, 0.2) is 54.6 Å². The molecule has 0 atom stereocenters. The summed E-state index contributed by atoms with van der Waals surface area (Å²) in [6, 6.07) is 18.0. The smallest absolute Gasteiger partial charge is 0.184 e. The summed E-state index contributed by atoms with van der Waals surface area (Å²) in [6.45, 7) is 1.91. The fraction of sp³-hybridized carbons (Fsp3) is 0.250. The monoisotopic (exact) mass is 256 g/mol. The third-order valence-electron chi connectivity index (χ3n) is 3.02. The van der Waals surface area contributed by atoms with Crippen molar-refractivity contribution in [1.82, 2.24) is 0 Å². The molecule has 1 fully saturated rings. The Bertz CT molecular complexity index is 501. The first-order chi connectivity index (χ1) is 9.42. The molecule has 0 N–H and O–H groups in total. The zero-order chi connectivity index (χ0) is 12.9. The molecule has 1 aliphatic rings. The molecule has 19 heavy (non-hydrogen) atoms. The third kappa shape index (κ3) is 3.13. The lowest BCUT2D eigenvalue weighted by Gasteiger charge is -2.10. The van der Waals surface area contributed by atoms with Crippen molar-refractivity contribution in [1.29, 1.82) is 0 Å². The maximum absolute atomic E-state index is 5.73. The van der Waals surface area contributed by atoms with Crippen LogP contribution in [0.3, 0.4) is 0 Å². The molecule has 1 saturated heterocycles. The molecule has 1 heterocycles. The van der Waals surface area contributed by atoms with Gasteiger partial charge in [-0.1, -0.05) is 42.5 Å². The van der Waals surface area contributed by atoms with Gasteiger partial charge in [-0.05, 0) is 17.7 Å². The van der Waals surface area contributed by atoms with Crippen molar-refractivity contribution in [3.8, 4) is 5.75 Å². The normalized spacial score (nSPS) is 15.6. The summed E-state index contributed by atoms with van der Waals surface area (Å²) in [6.07, 6.45) is -0.219. The largest absolute Gasteiger partial charge is 0.489 e. The second kappa shape index (κ2) is 5.87. The van der Waals surface area contributed by atoms with Crippen molar-refractivity contribution in [2.24, 2.45) is 0 Å². The second-order valence-corrected chi connectivity index (χ2v) is 4.42. The predicted molar refractivity (Wildman–Crippen MR) is 71.9 cm³/mol. The van der Waals surface area contributed by atoms with E-state index in [2.05, 4.69) is 12.1 Å². The molecule has 0 aromatic heterocycles. The molecule has 2 aromatic rings. The van der Waals surface area contributed by atoms with Crippen molar-refractivity contribution >= 4 is 0 Å². The molecule has 3 heteroatoms. The van der Waals surface area contributed by atoms with Gasteiger partial charge in [-0.2, -0.15) is 0 Å². The fourth-order valence-corrected chi connectivity index (χ4v) is 2.01. The van der Waals surface area contributed by atoms with E-state index in [-0.39, 0.29) is 6.29 Å². The Morgan fingerprint density at radius 1 is 0.895 bits per heavy atom. The summed E-state index contributed by atoms with van der Waals surface area (Å²) in [4.78, 5) is 0. The third-order valence-corrected chi connectivity index (χ3v) is 3.02. The van der Waals surface area contributed by atoms with Gasteiger partial charge in [-0.25, -0.2) is 0 Å². The molecule has 0 spiro atoms. The molecular formula is C16H16O3. The first-order valence-corrected chi connectivity index (χ1v) is 6.42. The van der Waals surface area contributed by atoms with Gasteiger partial charge in [-0.3, -0.25) is 0 Å². The Labute approximate surface area is 112 Å². The van der Waals surface area contributed by atoms with E-state index in [9.17, 15) is 0 Å². The van der Waals surface area contributed by atoms with Crippen LogP contribution < -0.4 is 4.74 Å². The van der Waals surface area contributed by atoms with E-state index in [0.29, 0.717) is 19.8 Å². The summed E-state index contributed by atoms with van der Waals surface area (Å²) in [5.74, 6) is 0.852. The van der Waals surface area contributed by atoms with E-state index in [1.807, 2.05) is 42.5 Å². The second-order valence-electron chi connectivity index (χ2n) is 4.42. The first-order valence-electron chi connectivity index (χ1n) is 6.42. The number of hydrogen-bond donors (Lipinski definition) is 0. The zero-order valence-electron chi connectivity index (χ0n) is 10.6. The van der Waals surface area contributed by atoms with Crippen molar-refractivity contribution in [2.45, 2.75) is 12.9 Å². The summed E-state index contributed by atoms with van der Waals surface area (Å²) in [5.41, 5.74) is 2.19. The molecule has 0 amide bonds. The van der Waals surface area contributed by atoms with E-state index >= 15 is 0 Å². The lowest BCUT2D eigenvalue weighted by atomic mass is 10.2. The molecule has 0 saturated carbocycles. The van der Waals surface area contributed by atoms with Crippen LogP contribution in [0, 0.1) is 0 Å². The molecule has 0 aliphatic carbocycles. The lowest BCUT2D eigenvalue weighted by molar-refractivity contribution is -0.0441. The van der Waals surface area contributed by atoms with E-state index in [1.54, 1.807) is 0 Å². The quantitative estimate of drug-likeness (QED) is 0.840. The highest BCUT2D eigenvalue weighted by Gasteiger charge is 2.17.